The second-order valence-electron chi connectivity index (χ2n) is 2.60. The van der Waals surface area contributed by atoms with E-state index in [0.717, 1.165) is 0 Å². The van der Waals surface area contributed by atoms with E-state index in [9.17, 15) is 0 Å². The summed E-state index contributed by atoms with van der Waals surface area (Å²) in [6.45, 7) is 4.67. The predicted molar refractivity (Wildman–Crippen MR) is 52.4 cm³/mol. The molecule has 0 aliphatic carbocycles. The maximum atomic E-state index is 5.75. The molecule has 1 heterocycles. The van der Waals surface area contributed by atoms with Gasteiger partial charge in [0.15, 0.2) is 0 Å². The van der Waals surface area contributed by atoms with Crippen molar-refractivity contribution in [2.75, 3.05) is 0 Å². The zero-order chi connectivity index (χ0) is 7.56. The fourth-order valence-electron chi connectivity index (χ4n) is 0.965. The Morgan fingerprint density at radius 2 is 2.30 bits per heavy atom. The molecule has 56 valence electrons. The van der Waals surface area contributed by atoms with Crippen molar-refractivity contribution in [3.8, 4) is 0 Å². The van der Waals surface area contributed by atoms with Crippen LogP contribution in [-0.2, 0) is 5.88 Å². The van der Waals surface area contributed by atoms with Crippen LogP contribution in [0, 0.1) is 0 Å². The van der Waals surface area contributed by atoms with Crippen molar-refractivity contribution >= 4 is 36.2 Å². The van der Waals surface area contributed by atoms with Gasteiger partial charge < -0.3 is 0 Å². The van der Waals surface area contributed by atoms with E-state index in [0.29, 0.717) is 5.88 Å². The first-order valence-electron chi connectivity index (χ1n) is 3.38. The second-order valence-corrected chi connectivity index (χ2v) is 7.12. The van der Waals surface area contributed by atoms with Gasteiger partial charge in [-0.2, -0.15) is 11.3 Å². The van der Waals surface area contributed by atoms with Gasteiger partial charge in [-0.3, -0.25) is 0 Å². The third kappa shape index (κ3) is 1.62. The van der Waals surface area contributed by atoms with Crippen LogP contribution in [0.5, 0.6) is 0 Å². The van der Waals surface area contributed by atoms with E-state index in [4.69, 9.17) is 11.6 Å². The van der Waals surface area contributed by atoms with Gasteiger partial charge >= 0.3 is 0 Å². The molecule has 0 nitrogen and oxygen atoms in total. The number of hydrogen-bond donors (Lipinski definition) is 0. The standard InChI is InChI=1S/C7H11ClSSi/c1-10(2)7-6(5-8)3-4-9-7/h3-4,10H,5H2,1-2H3. The number of halogens is 1. The summed E-state index contributed by atoms with van der Waals surface area (Å²) in [5.74, 6) is 0.685. The van der Waals surface area contributed by atoms with Crippen molar-refractivity contribution < 1.29 is 0 Å². The highest BCUT2D eigenvalue weighted by atomic mass is 35.5. The number of rotatable bonds is 2. The molecule has 0 atom stereocenters. The van der Waals surface area contributed by atoms with Crippen LogP contribution in [-0.4, -0.2) is 8.80 Å². The second kappa shape index (κ2) is 3.56. The Hall–Kier alpha value is 0.207. The smallest absolute Gasteiger partial charge is 0.0779 e. The number of thiophene rings is 1. The Morgan fingerprint density at radius 3 is 2.70 bits per heavy atom. The normalized spacial score (nSPS) is 10.8. The van der Waals surface area contributed by atoms with Crippen LogP contribution in [0.15, 0.2) is 11.4 Å². The molecule has 1 rings (SSSR count). The summed E-state index contributed by atoms with van der Waals surface area (Å²) < 4.78 is 1.56. The van der Waals surface area contributed by atoms with Gasteiger partial charge in [-0.15, -0.1) is 11.6 Å². The van der Waals surface area contributed by atoms with Gasteiger partial charge in [0.05, 0.1) is 8.80 Å². The average Bonchev–Trinajstić information content (AvgIpc) is 2.33. The Bertz CT molecular complexity index is 207. The third-order valence-corrected chi connectivity index (χ3v) is 5.77. The van der Waals surface area contributed by atoms with E-state index < -0.39 is 8.80 Å². The van der Waals surface area contributed by atoms with Gasteiger partial charge in [-0.25, -0.2) is 0 Å². The zero-order valence-corrected chi connectivity index (χ0v) is 8.95. The Morgan fingerprint density at radius 1 is 1.60 bits per heavy atom. The van der Waals surface area contributed by atoms with E-state index in [1.807, 2.05) is 11.3 Å². The van der Waals surface area contributed by atoms with Crippen LogP contribution >= 0.6 is 22.9 Å². The van der Waals surface area contributed by atoms with Crippen molar-refractivity contribution in [1.29, 1.82) is 0 Å². The molecule has 10 heavy (non-hydrogen) atoms. The highest BCUT2D eigenvalue weighted by molar-refractivity contribution is 7.22. The van der Waals surface area contributed by atoms with Crippen LogP contribution in [0.25, 0.3) is 0 Å². The lowest BCUT2D eigenvalue weighted by Crippen LogP contribution is -2.21. The van der Waals surface area contributed by atoms with Gasteiger partial charge in [0, 0.05) is 5.88 Å². The lowest BCUT2D eigenvalue weighted by atomic mass is 10.4. The largest absolute Gasteiger partial charge is 0.154 e. The minimum absolute atomic E-state index is 0.603. The number of alkyl halides is 1. The van der Waals surface area contributed by atoms with Crippen LogP contribution in [0.2, 0.25) is 13.1 Å². The van der Waals surface area contributed by atoms with Crippen molar-refractivity contribution in [1.82, 2.24) is 0 Å². The first-order chi connectivity index (χ1) is 4.75. The lowest BCUT2D eigenvalue weighted by Gasteiger charge is -2.00. The molecule has 1 aromatic rings. The van der Waals surface area contributed by atoms with Gasteiger partial charge in [0.2, 0.25) is 0 Å². The summed E-state index contributed by atoms with van der Waals surface area (Å²) in [6, 6.07) is 2.14. The van der Waals surface area contributed by atoms with Crippen molar-refractivity contribution in [3.63, 3.8) is 0 Å². The summed E-state index contributed by atoms with van der Waals surface area (Å²) in [5, 5.41) is 2.14. The van der Waals surface area contributed by atoms with E-state index >= 15 is 0 Å². The van der Waals surface area contributed by atoms with E-state index in [1.165, 1.54) is 5.56 Å². The van der Waals surface area contributed by atoms with Gasteiger partial charge in [0.25, 0.3) is 0 Å². The van der Waals surface area contributed by atoms with Crippen LogP contribution in [0.4, 0.5) is 0 Å². The molecular weight excluding hydrogens is 180 g/mol. The van der Waals surface area contributed by atoms with Crippen LogP contribution in [0.3, 0.4) is 0 Å². The number of hydrogen-bond acceptors (Lipinski definition) is 1. The minimum Gasteiger partial charge on any atom is -0.154 e. The molecule has 0 aliphatic heterocycles. The van der Waals surface area contributed by atoms with E-state index in [1.54, 1.807) is 4.50 Å². The quantitative estimate of drug-likeness (QED) is 0.496. The first-order valence-corrected chi connectivity index (χ1v) is 7.68. The molecular formula is C7H11ClSSi. The molecule has 0 spiro atoms. The van der Waals surface area contributed by atoms with Gasteiger partial charge in [-0.05, 0) is 21.5 Å². The molecule has 0 bridgehead atoms. The highest BCUT2D eigenvalue weighted by Gasteiger charge is 2.06. The summed E-state index contributed by atoms with van der Waals surface area (Å²) >= 11 is 7.61. The Labute approximate surface area is 72.4 Å². The molecule has 0 fully saturated rings. The molecule has 0 amide bonds. The topological polar surface area (TPSA) is 0 Å². The van der Waals surface area contributed by atoms with Gasteiger partial charge in [-0.1, -0.05) is 13.1 Å². The Balaban J connectivity index is 2.90. The molecule has 0 aromatic carbocycles. The molecule has 0 N–H and O–H groups in total. The Kier molecular flexibility index (Phi) is 2.95. The van der Waals surface area contributed by atoms with Crippen LogP contribution < -0.4 is 4.50 Å². The predicted octanol–water partition coefficient (Wildman–Crippen LogP) is 2.18. The molecule has 0 saturated carbocycles. The molecule has 0 saturated heterocycles. The summed E-state index contributed by atoms with van der Waals surface area (Å²) in [7, 11) is -0.603. The fraction of sp³-hybridized carbons (Fsp3) is 0.429. The SMILES string of the molecule is C[SiH](C)c1sccc1CCl. The maximum absolute atomic E-state index is 5.75. The first kappa shape index (κ1) is 8.30. The third-order valence-electron chi connectivity index (χ3n) is 1.45. The van der Waals surface area contributed by atoms with E-state index in [-0.39, 0.29) is 0 Å². The molecule has 3 heteroatoms. The minimum atomic E-state index is -0.603. The summed E-state index contributed by atoms with van der Waals surface area (Å²) in [4.78, 5) is 0. The summed E-state index contributed by atoms with van der Waals surface area (Å²) in [6.07, 6.45) is 0. The van der Waals surface area contributed by atoms with Crippen molar-refractivity contribution in [3.05, 3.63) is 17.0 Å². The lowest BCUT2D eigenvalue weighted by molar-refractivity contribution is 1.48. The van der Waals surface area contributed by atoms with E-state index in [2.05, 4.69) is 24.5 Å². The monoisotopic (exact) mass is 190 g/mol. The molecule has 1 aromatic heterocycles. The average molecular weight is 191 g/mol. The van der Waals surface area contributed by atoms with Crippen LogP contribution in [0.1, 0.15) is 5.56 Å². The van der Waals surface area contributed by atoms with Crippen molar-refractivity contribution in [2.45, 2.75) is 19.0 Å². The fourth-order valence-corrected chi connectivity index (χ4v) is 4.34. The van der Waals surface area contributed by atoms with Gasteiger partial charge in [0.1, 0.15) is 0 Å². The zero-order valence-electron chi connectivity index (χ0n) is 6.23. The highest BCUT2D eigenvalue weighted by Crippen LogP contribution is 2.07. The van der Waals surface area contributed by atoms with Crippen molar-refractivity contribution in [2.24, 2.45) is 0 Å². The molecule has 0 radical (unpaired) electrons. The summed E-state index contributed by atoms with van der Waals surface area (Å²) in [5.41, 5.74) is 1.35. The molecule has 0 unspecified atom stereocenters. The molecule has 0 aliphatic rings. The maximum Gasteiger partial charge on any atom is 0.0779 e.